The Morgan fingerprint density at radius 2 is 1.86 bits per heavy atom. The molecule has 0 spiro atoms. The Kier molecular flexibility index (Phi) is 7.03. The Hall–Kier alpha value is -2.68. The van der Waals surface area contributed by atoms with E-state index < -0.39 is 4.92 Å². The molecule has 2 aromatic carbocycles. The topological polar surface area (TPSA) is 89.7 Å². The van der Waals surface area contributed by atoms with Crippen molar-refractivity contribution in [1.29, 1.82) is 0 Å². The number of ether oxygens (including phenoxy) is 1. The van der Waals surface area contributed by atoms with Crippen molar-refractivity contribution < 1.29 is 9.66 Å². The van der Waals surface area contributed by atoms with Gasteiger partial charge in [-0.25, -0.2) is 4.98 Å². The van der Waals surface area contributed by atoms with E-state index in [1.54, 1.807) is 12.1 Å². The quantitative estimate of drug-likeness (QED) is 0.243. The lowest BCUT2D eigenvalue weighted by Crippen LogP contribution is -1.98. The van der Waals surface area contributed by atoms with Crippen LogP contribution in [0.1, 0.15) is 11.1 Å². The number of nitro groups is 1. The van der Waals surface area contributed by atoms with Crippen molar-refractivity contribution in [2.45, 2.75) is 6.61 Å². The van der Waals surface area contributed by atoms with Crippen LogP contribution in [0.4, 0.5) is 11.5 Å². The number of nitrogens with one attached hydrogen (secondary N) is 1. The molecule has 0 atom stereocenters. The lowest BCUT2D eigenvalue weighted by atomic mass is 10.2. The first kappa shape index (κ1) is 21.0. The highest BCUT2D eigenvalue weighted by atomic mass is 79.9. The van der Waals surface area contributed by atoms with E-state index in [2.05, 4.69) is 31.4 Å². The van der Waals surface area contributed by atoms with E-state index in [9.17, 15) is 10.1 Å². The number of nitrogens with zero attached hydrogens (tertiary/aromatic N) is 3. The second-order valence-electron chi connectivity index (χ2n) is 5.76. The summed E-state index contributed by atoms with van der Waals surface area (Å²) in [5.74, 6) is 0.747. The van der Waals surface area contributed by atoms with Crippen LogP contribution in [0.15, 0.2) is 64.3 Å². The number of hydrogen-bond donors (Lipinski definition) is 1. The van der Waals surface area contributed by atoms with Gasteiger partial charge < -0.3 is 4.74 Å². The fraction of sp³-hybridized carbons (Fsp3) is 0.0526. The van der Waals surface area contributed by atoms with Crippen LogP contribution in [0.5, 0.6) is 5.75 Å². The maximum absolute atomic E-state index is 10.6. The zero-order valence-electron chi connectivity index (χ0n) is 14.7. The van der Waals surface area contributed by atoms with Crippen LogP contribution in [-0.2, 0) is 6.61 Å². The minimum absolute atomic E-state index is 0.100. The Morgan fingerprint density at radius 1 is 1.17 bits per heavy atom. The first-order valence-electron chi connectivity index (χ1n) is 8.18. The number of aromatic nitrogens is 1. The molecule has 1 aromatic heterocycles. The Bertz CT molecular complexity index is 1020. The van der Waals surface area contributed by atoms with Crippen LogP contribution >= 0.6 is 39.1 Å². The summed E-state index contributed by atoms with van der Waals surface area (Å²) in [6, 6.07) is 13.8. The number of hydrazone groups is 1. The molecule has 0 saturated heterocycles. The zero-order valence-corrected chi connectivity index (χ0v) is 17.8. The lowest BCUT2D eigenvalue weighted by Gasteiger charge is -2.11. The smallest absolute Gasteiger partial charge is 0.287 e. The van der Waals surface area contributed by atoms with Gasteiger partial charge in [-0.2, -0.15) is 5.10 Å². The van der Waals surface area contributed by atoms with Crippen molar-refractivity contribution in [1.82, 2.24) is 4.98 Å². The van der Waals surface area contributed by atoms with Crippen molar-refractivity contribution in [2.24, 2.45) is 5.10 Å². The highest BCUT2D eigenvalue weighted by Gasteiger charge is 2.10. The molecule has 3 rings (SSSR count). The molecule has 7 nitrogen and oxygen atoms in total. The summed E-state index contributed by atoms with van der Waals surface area (Å²) in [5, 5.41) is 15.4. The fourth-order valence-corrected chi connectivity index (χ4v) is 3.14. The van der Waals surface area contributed by atoms with E-state index in [1.807, 2.05) is 24.3 Å². The molecular weight excluding hydrogens is 483 g/mol. The number of hydrogen-bond acceptors (Lipinski definition) is 6. The number of rotatable bonds is 7. The van der Waals surface area contributed by atoms with E-state index in [-0.39, 0.29) is 5.69 Å². The number of pyridine rings is 1. The van der Waals surface area contributed by atoms with Gasteiger partial charge in [0, 0.05) is 10.5 Å². The summed E-state index contributed by atoms with van der Waals surface area (Å²) in [5.41, 5.74) is 4.20. The third kappa shape index (κ3) is 5.90. The SMILES string of the molecule is O=[N+]([O-])c1ccc(N/N=C\c2cc(Cl)c(OCc3ccc(Br)cc3)c(Cl)c2)nc1. The molecule has 0 bridgehead atoms. The first-order valence-corrected chi connectivity index (χ1v) is 9.73. The monoisotopic (exact) mass is 494 g/mol. The summed E-state index contributed by atoms with van der Waals surface area (Å²) in [7, 11) is 0. The van der Waals surface area contributed by atoms with Crippen LogP contribution in [0.3, 0.4) is 0 Å². The molecular formula is C19H13BrCl2N4O3. The molecule has 1 N–H and O–H groups in total. The largest absolute Gasteiger partial charge is 0.486 e. The van der Waals surface area contributed by atoms with E-state index in [0.717, 1.165) is 16.2 Å². The van der Waals surface area contributed by atoms with Crippen molar-refractivity contribution in [3.63, 3.8) is 0 Å². The van der Waals surface area contributed by atoms with Gasteiger partial charge in [0.15, 0.2) is 5.75 Å². The van der Waals surface area contributed by atoms with Gasteiger partial charge >= 0.3 is 0 Å². The van der Waals surface area contributed by atoms with Crippen LogP contribution in [0, 0.1) is 10.1 Å². The molecule has 3 aromatic rings. The van der Waals surface area contributed by atoms with Gasteiger partial charge in [-0.15, -0.1) is 0 Å². The third-order valence-corrected chi connectivity index (χ3v) is 4.76. The molecule has 29 heavy (non-hydrogen) atoms. The average Bonchev–Trinajstić information content (AvgIpc) is 2.69. The predicted octanol–water partition coefficient (Wildman–Crippen LogP) is 6.08. The van der Waals surface area contributed by atoms with Gasteiger partial charge in [-0.1, -0.05) is 51.3 Å². The standard InChI is InChI=1S/C19H13BrCl2N4O3/c20-14-3-1-12(2-4-14)11-29-19-16(21)7-13(8-17(19)22)9-24-25-18-6-5-15(10-23-18)26(27)28/h1-10H,11H2,(H,23,25)/b24-9-. The van der Waals surface area contributed by atoms with E-state index >= 15 is 0 Å². The first-order chi connectivity index (χ1) is 13.9. The summed E-state index contributed by atoms with van der Waals surface area (Å²) < 4.78 is 6.73. The van der Waals surface area contributed by atoms with Crippen LogP contribution in [0.2, 0.25) is 10.0 Å². The summed E-state index contributed by atoms with van der Waals surface area (Å²) >= 11 is 16.0. The van der Waals surface area contributed by atoms with Crippen molar-refractivity contribution >= 4 is 56.9 Å². The second-order valence-corrected chi connectivity index (χ2v) is 7.49. The van der Waals surface area contributed by atoms with Gasteiger partial charge in [-0.3, -0.25) is 15.5 Å². The fourth-order valence-electron chi connectivity index (χ4n) is 2.26. The third-order valence-electron chi connectivity index (χ3n) is 3.67. The molecule has 148 valence electrons. The van der Waals surface area contributed by atoms with Gasteiger partial charge in [0.1, 0.15) is 18.6 Å². The average molecular weight is 496 g/mol. The minimum atomic E-state index is -0.523. The van der Waals surface area contributed by atoms with Crippen LogP contribution in [-0.4, -0.2) is 16.1 Å². The Balaban J connectivity index is 1.64. The van der Waals surface area contributed by atoms with Crippen LogP contribution < -0.4 is 10.2 Å². The highest BCUT2D eigenvalue weighted by molar-refractivity contribution is 9.10. The molecule has 1 heterocycles. The van der Waals surface area contributed by atoms with Crippen molar-refractivity contribution in [3.05, 3.63) is 90.5 Å². The van der Waals surface area contributed by atoms with Gasteiger partial charge in [0.25, 0.3) is 5.69 Å². The van der Waals surface area contributed by atoms with E-state index in [0.29, 0.717) is 33.8 Å². The molecule has 0 radical (unpaired) electrons. The summed E-state index contributed by atoms with van der Waals surface area (Å²) in [6.07, 6.45) is 2.64. The summed E-state index contributed by atoms with van der Waals surface area (Å²) in [6.45, 7) is 0.327. The van der Waals surface area contributed by atoms with Gasteiger partial charge in [0.05, 0.1) is 21.2 Å². The maximum atomic E-state index is 10.6. The van der Waals surface area contributed by atoms with Crippen molar-refractivity contribution in [3.8, 4) is 5.75 Å². The highest BCUT2D eigenvalue weighted by Crippen LogP contribution is 2.34. The number of halogens is 3. The molecule has 0 amide bonds. The second kappa shape index (κ2) is 9.69. The van der Waals surface area contributed by atoms with Gasteiger partial charge in [0.2, 0.25) is 0 Å². The van der Waals surface area contributed by atoms with Crippen molar-refractivity contribution in [2.75, 3.05) is 5.43 Å². The Morgan fingerprint density at radius 3 is 2.45 bits per heavy atom. The number of benzene rings is 2. The molecule has 0 aliphatic heterocycles. The molecule has 10 heteroatoms. The van der Waals surface area contributed by atoms with Gasteiger partial charge in [-0.05, 0) is 41.5 Å². The normalized spacial score (nSPS) is 10.9. The lowest BCUT2D eigenvalue weighted by molar-refractivity contribution is -0.385. The Labute approximate surface area is 184 Å². The van der Waals surface area contributed by atoms with Crippen LogP contribution in [0.25, 0.3) is 0 Å². The molecule has 0 fully saturated rings. The molecule has 0 unspecified atom stereocenters. The van der Waals surface area contributed by atoms with E-state index in [1.165, 1.54) is 18.3 Å². The molecule has 0 aliphatic carbocycles. The molecule has 0 aliphatic rings. The maximum Gasteiger partial charge on any atom is 0.287 e. The van der Waals surface area contributed by atoms with E-state index in [4.69, 9.17) is 27.9 Å². The number of anilines is 1. The zero-order chi connectivity index (χ0) is 20.8. The summed E-state index contributed by atoms with van der Waals surface area (Å²) in [4.78, 5) is 14.0. The minimum Gasteiger partial charge on any atom is -0.486 e. The molecule has 0 saturated carbocycles. The predicted molar refractivity (Wildman–Crippen MR) is 117 cm³/mol.